The minimum Gasteiger partial charge on any atom is -0.480 e. The Labute approximate surface area is 107 Å². The van der Waals surface area contributed by atoms with Gasteiger partial charge in [-0.25, -0.2) is 0 Å². The van der Waals surface area contributed by atoms with Gasteiger partial charge in [0.2, 0.25) is 5.91 Å². The van der Waals surface area contributed by atoms with Gasteiger partial charge in [0, 0.05) is 25.6 Å². The molecule has 0 aromatic carbocycles. The fourth-order valence-corrected chi connectivity index (χ4v) is 2.44. The van der Waals surface area contributed by atoms with Crippen molar-refractivity contribution in [2.45, 2.75) is 26.3 Å². The lowest BCUT2D eigenvalue weighted by atomic mass is 9.91. The summed E-state index contributed by atoms with van der Waals surface area (Å²) in [5, 5.41) is 20.4. The van der Waals surface area contributed by atoms with Gasteiger partial charge in [0.25, 0.3) is 0 Å². The number of amides is 1. The highest BCUT2D eigenvalue weighted by molar-refractivity contribution is 5.76. The summed E-state index contributed by atoms with van der Waals surface area (Å²) >= 11 is 0. The summed E-state index contributed by atoms with van der Waals surface area (Å²) in [4.78, 5) is 24.0. The summed E-state index contributed by atoms with van der Waals surface area (Å²) in [5.74, 6) is -0.389. The summed E-state index contributed by atoms with van der Waals surface area (Å²) < 4.78 is 0. The molecule has 6 heteroatoms. The molecule has 2 atom stereocenters. The molecule has 104 valence electrons. The predicted molar refractivity (Wildman–Crippen MR) is 66.0 cm³/mol. The van der Waals surface area contributed by atoms with Gasteiger partial charge < -0.3 is 15.5 Å². The number of hydrogen-bond donors (Lipinski definition) is 3. The molecular formula is C12H22N2O4. The van der Waals surface area contributed by atoms with Crippen LogP contribution >= 0.6 is 0 Å². The number of carboxylic acid groups (broad SMARTS) is 1. The maximum absolute atomic E-state index is 11.5. The van der Waals surface area contributed by atoms with E-state index in [4.69, 9.17) is 10.2 Å². The first-order valence-electron chi connectivity index (χ1n) is 6.28. The van der Waals surface area contributed by atoms with E-state index in [1.165, 1.54) is 0 Å². The molecule has 18 heavy (non-hydrogen) atoms. The van der Waals surface area contributed by atoms with Crippen molar-refractivity contribution < 1.29 is 19.8 Å². The molecule has 0 spiro atoms. The highest BCUT2D eigenvalue weighted by Gasteiger charge is 2.35. The number of nitrogens with zero attached hydrogens (tertiary/aromatic N) is 1. The highest BCUT2D eigenvalue weighted by Crippen LogP contribution is 2.24. The Kier molecular flexibility index (Phi) is 5.55. The third kappa shape index (κ3) is 4.27. The Hall–Kier alpha value is -1.14. The smallest absolute Gasteiger partial charge is 0.317 e. The van der Waals surface area contributed by atoms with Crippen LogP contribution in [0.4, 0.5) is 0 Å². The Morgan fingerprint density at radius 2 is 2.06 bits per heavy atom. The van der Waals surface area contributed by atoms with E-state index in [9.17, 15) is 9.59 Å². The molecule has 0 radical (unpaired) electrons. The standard InChI is InChI=1S/C12H22N2O4/c1-8(2)9-5-14(7-12(17)18)6-10(9)13-11(16)3-4-15/h8-10,15H,3-7H2,1-2H3,(H,13,16)(H,17,18)/t9-,10+/m1/s1. The van der Waals surface area contributed by atoms with Crippen LogP contribution in [0.1, 0.15) is 20.3 Å². The van der Waals surface area contributed by atoms with Gasteiger partial charge in [0.1, 0.15) is 0 Å². The van der Waals surface area contributed by atoms with Gasteiger partial charge in [-0.2, -0.15) is 0 Å². The number of likely N-dealkylation sites (tertiary alicyclic amines) is 1. The number of aliphatic hydroxyl groups is 1. The molecule has 1 saturated heterocycles. The zero-order chi connectivity index (χ0) is 13.7. The molecular weight excluding hydrogens is 236 g/mol. The number of carbonyl (C=O) groups is 2. The van der Waals surface area contributed by atoms with E-state index in [-0.39, 0.29) is 37.4 Å². The Balaban J connectivity index is 2.57. The van der Waals surface area contributed by atoms with E-state index >= 15 is 0 Å². The van der Waals surface area contributed by atoms with E-state index in [1.807, 2.05) is 4.90 Å². The second-order valence-electron chi connectivity index (χ2n) is 5.14. The summed E-state index contributed by atoms with van der Waals surface area (Å²) in [7, 11) is 0. The van der Waals surface area contributed by atoms with Crippen LogP contribution in [0, 0.1) is 11.8 Å². The number of aliphatic carboxylic acids is 1. The largest absolute Gasteiger partial charge is 0.480 e. The first-order valence-corrected chi connectivity index (χ1v) is 6.28. The zero-order valence-corrected chi connectivity index (χ0v) is 10.9. The molecule has 1 rings (SSSR count). The van der Waals surface area contributed by atoms with Crippen molar-refractivity contribution >= 4 is 11.9 Å². The van der Waals surface area contributed by atoms with Crippen LogP contribution in [-0.2, 0) is 9.59 Å². The second-order valence-corrected chi connectivity index (χ2v) is 5.14. The lowest BCUT2D eigenvalue weighted by Crippen LogP contribution is -2.42. The lowest BCUT2D eigenvalue weighted by molar-refractivity contribution is -0.138. The molecule has 0 bridgehead atoms. The molecule has 3 N–H and O–H groups in total. The van der Waals surface area contributed by atoms with E-state index in [1.54, 1.807) is 0 Å². The average Bonchev–Trinajstić information content (AvgIpc) is 2.60. The minimum absolute atomic E-state index is 0.00951. The van der Waals surface area contributed by atoms with Crippen molar-refractivity contribution in [1.82, 2.24) is 10.2 Å². The van der Waals surface area contributed by atoms with Crippen molar-refractivity contribution in [2.75, 3.05) is 26.2 Å². The van der Waals surface area contributed by atoms with Gasteiger partial charge in [-0.1, -0.05) is 13.8 Å². The molecule has 1 heterocycles. The zero-order valence-electron chi connectivity index (χ0n) is 10.9. The normalized spacial score (nSPS) is 24.4. The van der Waals surface area contributed by atoms with Crippen molar-refractivity contribution in [3.63, 3.8) is 0 Å². The third-order valence-corrected chi connectivity index (χ3v) is 3.34. The van der Waals surface area contributed by atoms with Crippen molar-refractivity contribution in [3.05, 3.63) is 0 Å². The molecule has 0 aliphatic carbocycles. The van der Waals surface area contributed by atoms with E-state index < -0.39 is 5.97 Å². The summed E-state index contributed by atoms with van der Waals surface area (Å²) in [6, 6.07) is -0.0246. The summed E-state index contributed by atoms with van der Waals surface area (Å²) in [5.41, 5.74) is 0. The van der Waals surface area contributed by atoms with Crippen LogP contribution in [0.5, 0.6) is 0 Å². The average molecular weight is 258 g/mol. The SMILES string of the molecule is CC(C)[C@H]1CN(CC(=O)O)C[C@@H]1NC(=O)CCO. The quantitative estimate of drug-likeness (QED) is 0.599. The Morgan fingerprint density at radius 1 is 1.39 bits per heavy atom. The van der Waals surface area contributed by atoms with Gasteiger partial charge >= 0.3 is 5.97 Å². The second kappa shape index (κ2) is 6.70. The molecule has 1 fully saturated rings. The van der Waals surface area contributed by atoms with Gasteiger partial charge in [0.05, 0.1) is 13.2 Å². The summed E-state index contributed by atoms with van der Waals surface area (Å²) in [6.07, 6.45) is 0.0975. The lowest BCUT2D eigenvalue weighted by Gasteiger charge is -2.22. The number of hydrogen-bond acceptors (Lipinski definition) is 4. The fourth-order valence-electron chi connectivity index (χ4n) is 2.44. The molecule has 0 aromatic rings. The topological polar surface area (TPSA) is 89.9 Å². The van der Waals surface area contributed by atoms with Crippen LogP contribution in [0.2, 0.25) is 0 Å². The number of nitrogens with one attached hydrogen (secondary N) is 1. The molecule has 1 amide bonds. The summed E-state index contributed by atoms with van der Waals surface area (Å²) in [6.45, 7) is 5.24. The van der Waals surface area contributed by atoms with Crippen LogP contribution < -0.4 is 5.32 Å². The molecule has 1 aliphatic rings. The van der Waals surface area contributed by atoms with Crippen LogP contribution in [-0.4, -0.2) is 59.3 Å². The van der Waals surface area contributed by atoms with Gasteiger partial charge in [0.15, 0.2) is 0 Å². The molecule has 0 aromatic heterocycles. The van der Waals surface area contributed by atoms with E-state index in [0.717, 1.165) is 0 Å². The van der Waals surface area contributed by atoms with Crippen molar-refractivity contribution in [3.8, 4) is 0 Å². The third-order valence-electron chi connectivity index (χ3n) is 3.34. The van der Waals surface area contributed by atoms with Crippen LogP contribution in [0.3, 0.4) is 0 Å². The maximum Gasteiger partial charge on any atom is 0.317 e. The van der Waals surface area contributed by atoms with Crippen molar-refractivity contribution in [2.24, 2.45) is 11.8 Å². The highest BCUT2D eigenvalue weighted by atomic mass is 16.4. The van der Waals surface area contributed by atoms with E-state index in [2.05, 4.69) is 19.2 Å². The molecule has 1 aliphatic heterocycles. The minimum atomic E-state index is -0.847. The van der Waals surface area contributed by atoms with Crippen LogP contribution in [0.25, 0.3) is 0 Å². The maximum atomic E-state index is 11.5. The van der Waals surface area contributed by atoms with Gasteiger partial charge in [-0.15, -0.1) is 0 Å². The molecule has 0 unspecified atom stereocenters. The number of rotatable bonds is 6. The van der Waals surface area contributed by atoms with Gasteiger partial charge in [-0.05, 0) is 11.8 Å². The van der Waals surface area contributed by atoms with E-state index in [0.29, 0.717) is 19.0 Å². The fraction of sp³-hybridized carbons (Fsp3) is 0.833. The first-order chi connectivity index (χ1) is 8.43. The van der Waals surface area contributed by atoms with Gasteiger partial charge in [-0.3, -0.25) is 14.5 Å². The monoisotopic (exact) mass is 258 g/mol. The Morgan fingerprint density at radius 3 is 2.56 bits per heavy atom. The Bertz CT molecular complexity index is 306. The number of aliphatic hydroxyl groups excluding tert-OH is 1. The molecule has 6 nitrogen and oxygen atoms in total. The van der Waals surface area contributed by atoms with Crippen LogP contribution in [0.15, 0.2) is 0 Å². The van der Waals surface area contributed by atoms with Crippen molar-refractivity contribution in [1.29, 1.82) is 0 Å². The molecule has 0 saturated carbocycles. The number of carbonyl (C=O) groups excluding carboxylic acids is 1. The first kappa shape index (κ1) is 14.9. The predicted octanol–water partition coefficient (Wildman–Crippen LogP) is -0.474. The number of carboxylic acids is 1.